The van der Waals surface area contributed by atoms with Gasteiger partial charge in [0.05, 0.1) is 0 Å². The van der Waals surface area contributed by atoms with Gasteiger partial charge in [0.1, 0.15) is 11.5 Å². The largest absolute Gasteiger partial charge is 0.508 e. The van der Waals surface area contributed by atoms with Crippen LogP contribution in [0.2, 0.25) is 0 Å². The third kappa shape index (κ3) is 4.17. The first-order valence-corrected chi connectivity index (χ1v) is 9.89. The fourth-order valence-electron chi connectivity index (χ4n) is 4.06. The van der Waals surface area contributed by atoms with Crippen LogP contribution in [0, 0.1) is 0 Å². The molecule has 2 unspecified atom stereocenters. The molecule has 0 heterocycles. The van der Waals surface area contributed by atoms with Gasteiger partial charge in [0.25, 0.3) is 0 Å². The predicted octanol–water partition coefficient (Wildman–Crippen LogP) is 6.45. The minimum Gasteiger partial charge on any atom is -0.508 e. The molecule has 0 saturated heterocycles. The molecule has 4 aromatic rings. The molecule has 0 amide bonds. The summed E-state index contributed by atoms with van der Waals surface area (Å²) < 4.78 is 0. The van der Waals surface area contributed by atoms with Crippen molar-refractivity contribution in [3.63, 3.8) is 0 Å². The summed E-state index contributed by atoms with van der Waals surface area (Å²) in [6.45, 7) is 0. The Hall–Kier alpha value is -3.52. The van der Waals surface area contributed by atoms with Crippen LogP contribution in [-0.4, -0.2) is 10.2 Å². The Labute approximate surface area is 171 Å². The Bertz CT molecular complexity index is 971. The van der Waals surface area contributed by atoms with Gasteiger partial charge in [-0.1, -0.05) is 97.1 Å². The maximum atomic E-state index is 10.6. The van der Waals surface area contributed by atoms with Crippen LogP contribution in [0.15, 0.2) is 109 Å². The maximum Gasteiger partial charge on any atom is 0.119 e. The van der Waals surface area contributed by atoms with Crippen molar-refractivity contribution in [3.8, 4) is 11.5 Å². The van der Waals surface area contributed by atoms with Crippen molar-refractivity contribution >= 4 is 0 Å². The molecule has 0 fully saturated rings. The zero-order chi connectivity index (χ0) is 20.1. The standard InChI is InChI=1S/C27H24O2/c28-26-17-9-7-15-22(26)24(20-11-3-1-4-12-20)19-25(21-13-5-2-6-14-21)23-16-8-10-18-27(23)29/h1-18,24-25,28-29H,19H2. The predicted molar refractivity (Wildman–Crippen MR) is 117 cm³/mol. The summed E-state index contributed by atoms with van der Waals surface area (Å²) in [5.74, 6) is 0.570. The van der Waals surface area contributed by atoms with E-state index in [9.17, 15) is 10.2 Å². The number of hydrogen-bond donors (Lipinski definition) is 2. The van der Waals surface area contributed by atoms with Crippen LogP contribution in [-0.2, 0) is 0 Å². The highest BCUT2D eigenvalue weighted by atomic mass is 16.3. The van der Waals surface area contributed by atoms with Crippen LogP contribution in [0.3, 0.4) is 0 Å². The summed E-state index contributed by atoms with van der Waals surface area (Å²) in [5, 5.41) is 21.2. The number of benzene rings is 4. The van der Waals surface area contributed by atoms with Gasteiger partial charge in [-0.05, 0) is 29.7 Å². The topological polar surface area (TPSA) is 40.5 Å². The highest BCUT2D eigenvalue weighted by Gasteiger charge is 2.25. The summed E-state index contributed by atoms with van der Waals surface area (Å²) >= 11 is 0. The second kappa shape index (κ2) is 8.66. The van der Waals surface area contributed by atoms with Crippen molar-refractivity contribution in [2.24, 2.45) is 0 Å². The summed E-state index contributed by atoms with van der Waals surface area (Å²) in [7, 11) is 0. The van der Waals surface area contributed by atoms with E-state index < -0.39 is 0 Å². The molecule has 0 aliphatic heterocycles. The molecule has 0 aliphatic rings. The summed E-state index contributed by atoms with van der Waals surface area (Å²) in [4.78, 5) is 0. The Morgan fingerprint density at radius 3 is 1.17 bits per heavy atom. The van der Waals surface area contributed by atoms with Gasteiger partial charge >= 0.3 is 0 Å². The maximum absolute atomic E-state index is 10.6. The smallest absolute Gasteiger partial charge is 0.119 e. The van der Waals surface area contributed by atoms with Crippen molar-refractivity contribution in [2.45, 2.75) is 18.3 Å². The van der Waals surface area contributed by atoms with E-state index in [-0.39, 0.29) is 11.8 Å². The third-order valence-electron chi connectivity index (χ3n) is 5.50. The van der Waals surface area contributed by atoms with Crippen molar-refractivity contribution in [1.29, 1.82) is 0 Å². The number of hydrogen-bond acceptors (Lipinski definition) is 2. The first kappa shape index (κ1) is 18.8. The minimum absolute atomic E-state index is 0.0118. The number of para-hydroxylation sites is 2. The lowest BCUT2D eigenvalue weighted by atomic mass is 9.78. The molecular weight excluding hydrogens is 356 g/mol. The molecule has 4 rings (SSSR count). The SMILES string of the molecule is Oc1ccccc1C(CC(c1ccccc1)c1ccccc1O)c1ccccc1. The average molecular weight is 380 g/mol. The van der Waals surface area contributed by atoms with E-state index in [2.05, 4.69) is 24.3 Å². The van der Waals surface area contributed by atoms with E-state index in [4.69, 9.17) is 0 Å². The molecule has 4 aromatic carbocycles. The van der Waals surface area contributed by atoms with Crippen LogP contribution >= 0.6 is 0 Å². The van der Waals surface area contributed by atoms with Crippen LogP contribution in [0.5, 0.6) is 11.5 Å². The zero-order valence-electron chi connectivity index (χ0n) is 16.1. The first-order valence-electron chi connectivity index (χ1n) is 9.89. The number of aromatic hydroxyl groups is 2. The van der Waals surface area contributed by atoms with Crippen molar-refractivity contribution in [3.05, 3.63) is 131 Å². The zero-order valence-corrected chi connectivity index (χ0v) is 16.1. The van der Waals surface area contributed by atoms with Gasteiger partial charge in [-0.15, -0.1) is 0 Å². The van der Waals surface area contributed by atoms with Gasteiger partial charge in [-0.2, -0.15) is 0 Å². The second-order valence-electron chi connectivity index (χ2n) is 7.28. The fraction of sp³-hybridized carbons (Fsp3) is 0.111. The third-order valence-corrected chi connectivity index (χ3v) is 5.50. The lowest BCUT2D eigenvalue weighted by Gasteiger charge is -2.26. The summed E-state index contributed by atoms with van der Waals surface area (Å²) in [6.07, 6.45) is 0.725. The quantitative estimate of drug-likeness (QED) is 0.403. The van der Waals surface area contributed by atoms with Crippen molar-refractivity contribution in [2.75, 3.05) is 0 Å². The van der Waals surface area contributed by atoms with Crippen LogP contribution in [0.1, 0.15) is 40.5 Å². The molecule has 0 spiro atoms. The van der Waals surface area contributed by atoms with Gasteiger partial charge in [0, 0.05) is 23.0 Å². The van der Waals surface area contributed by atoms with Crippen LogP contribution in [0.4, 0.5) is 0 Å². The number of phenolic OH excluding ortho intramolecular Hbond substituents is 2. The number of rotatable bonds is 6. The highest BCUT2D eigenvalue weighted by molar-refractivity contribution is 5.45. The molecule has 29 heavy (non-hydrogen) atoms. The van der Waals surface area contributed by atoms with Gasteiger partial charge in [0.15, 0.2) is 0 Å². The Kier molecular flexibility index (Phi) is 5.62. The van der Waals surface area contributed by atoms with Gasteiger partial charge < -0.3 is 10.2 Å². The normalized spacial score (nSPS) is 13.0. The molecule has 0 bridgehead atoms. The van der Waals surface area contributed by atoms with E-state index >= 15 is 0 Å². The van der Waals surface area contributed by atoms with Crippen LogP contribution in [0.25, 0.3) is 0 Å². The van der Waals surface area contributed by atoms with E-state index in [0.717, 1.165) is 28.7 Å². The lowest BCUT2D eigenvalue weighted by molar-refractivity contribution is 0.454. The highest BCUT2D eigenvalue weighted by Crippen LogP contribution is 2.43. The average Bonchev–Trinajstić information content (AvgIpc) is 2.77. The van der Waals surface area contributed by atoms with E-state index in [1.807, 2.05) is 72.8 Å². The van der Waals surface area contributed by atoms with Crippen molar-refractivity contribution < 1.29 is 10.2 Å². The molecule has 2 heteroatoms. The Balaban J connectivity index is 1.83. The summed E-state index contributed by atoms with van der Waals surface area (Å²) in [6, 6.07) is 35.6. The minimum atomic E-state index is -0.0118. The molecule has 2 atom stereocenters. The molecule has 2 nitrogen and oxygen atoms in total. The Morgan fingerprint density at radius 2 is 0.793 bits per heavy atom. The fourth-order valence-corrected chi connectivity index (χ4v) is 4.06. The second-order valence-corrected chi connectivity index (χ2v) is 7.28. The molecule has 0 saturated carbocycles. The molecule has 0 radical (unpaired) electrons. The molecular formula is C27H24O2. The Morgan fingerprint density at radius 1 is 0.448 bits per heavy atom. The van der Waals surface area contributed by atoms with Crippen LogP contribution < -0.4 is 0 Å². The summed E-state index contributed by atoms with van der Waals surface area (Å²) in [5.41, 5.74) is 4.08. The van der Waals surface area contributed by atoms with Gasteiger partial charge in [-0.25, -0.2) is 0 Å². The van der Waals surface area contributed by atoms with E-state index in [0.29, 0.717) is 11.5 Å². The van der Waals surface area contributed by atoms with Gasteiger partial charge in [0.2, 0.25) is 0 Å². The van der Waals surface area contributed by atoms with Crippen molar-refractivity contribution in [1.82, 2.24) is 0 Å². The van der Waals surface area contributed by atoms with E-state index in [1.54, 1.807) is 12.1 Å². The first-order chi connectivity index (χ1) is 14.2. The molecule has 0 aromatic heterocycles. The van der Waals surface area contributed by atoms with E-state index in [1.165, 1.54) is 0 Å². The lowest BCUT2D eigenvalue weighted by Crippen LogP contribution is -2.10. The molecule has 0 aliphatic carbocycles. The monoisotopic (exact) mass is 380 g/mol. The number of phenols is 2. The molecule has 144 valence electrons. The molecule has 2 N–H and O–H groups in total. The van der Waals surface area contributed by atoms with Gasteiger partial charge in [-0.3, -0.25) is 0 Å².